The smallest absolute Gasteiger partial charge is 0.322 e. The van der Waals surface area contributed by atoms with E-state index >= 15 is 0 Å². The van der Waals surface area contributed by atoms with Crippen molar-refractivity contribution in [1.82, 2.24) is 9.80 Å². The van der Waals surface area contributed by atoms with Crippen molar-refractivity contribution in [2.24, 2.45) is 0 Å². The minimum absolute atomic E-state index is 0.00199. The van der Waals surface area contributed by atoms with Crippen molar-refractivity contribution in [3.63, 3.8) is 0 Å². The summed E-state index contributed by atoms with van der Waals surface area (Å²) < 4.78 is 5.15. The van der Waals surface area contributed by atoms with Gasteiger partial charge in [0.1, 0.15) is 12.3 Å². The molecule has 0 unspecified atom stereocenters. The summed E-state index contributed by atoms with van der Waals surface area (Å²) in [4.78, 5) is 29.1. The maximum absolute atomic E-state index is 12.9. The Balaban J connectivity index is 1.31. The average molecular weight is 448 g/mol. The van der Waals surface area contributed by atoms with Gasteiger partial charge in [-0.1, -0.05) is 30.3 Å². The molecule has 2 saturated heterocycles. The summed E-state index contributed by atoms with van der Waals surface area (Å²) in [6.45, 7) is 0.356. The molecule has 0 spiro atoms. The molecule has 7 heteroatoms. The monoisotopic (exact) mass is 447 g/mol. The van der Waals surface area contributed by atoms with E-state index in [1.807, 2.05) is 0 Å². The molecule has 0 saturated carbocycles. The van der Waals surface area contributed by atoms with Gasteiger partial charge >= 0.3 is 6.03 Å². The van der Waals surface area contributed by atoms with Gasteiger partial charge in [-0.25, -0.2) is 4.79 Å². The van der Waals surface area contributed by atoms with Crippen molar-refractivity contribution in [2.45, 2.75) is 37.3 Å². The Morgan fingerprint density at radius 3 is 2.55 bits per heavy atom. The molecule has 2 aliphatic heterocycles. The third kappa shape index (κ3) is 3.97. The number of carbonyl (C=O) groups excluding carboxylic acids is 2. The second-order valence-electron chi connectivity index (χ2n) is 8.93. The van der Waals surface area contributed by atoms with Crippen LogP contribution in [0.3, 0.4) is 0 Å². The zero-order valence-corrected chi connectivity index (χ0v) is 18.7. The number of methoxy groups -OCH3 is 1. The SMILES string of the molecule is COc1ccc(NC(=O)N2CC(=O)N3[C@H](C2)[C@@H](c2ccc(C4=CCCC4)cc2)[C@@H]3CO)cc1. The number of carbonyl (C=O) groups is 2. The van der Waals surface area contributed by atoms with Crippen molar-refractivity contribution >= 4 is 23.2 Å². The van der Waals surface area contributed by atoms with Gasteiger partial charge < -0.3 is 25.0 Å². The number of anilines is 1. The molecule has 2 N–H and O–H groups in total. The summed E-state index contributed by atoms with van der Waals surface area (Å²) in [7, 11) is 1.59. The fraction of sp³-hybridized carbons (Fsp3) is 0.385. The van der Waals surface area contributed by atoms with Crippen LogP contribution in [0.4, 0.5) is 10.5 Å². The Morgan fingerprint density at radius 1 is 1.15 bits per heavy atom. The molecule has 2 aromatic carbocycles. The molecule has 2 fully saturated rings. The highest BCUT2D eigenvalue weighted by atomic mass is 16.5. The summed E-state index contributed by atoms with van der Waals surface area (Å²) in [5, 5.41) is 12.9. The maximum atomic E-state index is 12.9. The third-order valence-corrected chi connectivity index (χ3v) is 7.09. The van der Waals surface area contributed by atoms with E-state index in [-0.39, 0.29) is 43.1 Å². The van der Waals surface area contributed by atoms with Gasteiger partial charge in [0.15, 0.2) is 0 Å². The minimum Gasteiger partial charge on any atom is -0.497 e. The van der Waals surface area contributed by atoms with E-state index in [0.29, 0.717) is 18.0 Å². The Labute approximate surface area is 193 Å². The van der Waals surface area contributed by atoms with Crippen LogP contribution < -0.4 is 10.1 Å². The Hall–Kier alpha value is -3.32. The normalized spacial score (nSPS) is 24.1. The highest BCUT2D eigenvalue weighted by Gasteiger charge is 2.54. The molecular formula is C26H29N3O4. The van der Waals surface area contributed by atoms with Crippen LogP contribution in [-0.2, 0) is 4.79 Å². The molecule has 7 nitrogen and oxygen atoms in total. The van der Waals surface area contributed by atoms with Crippen molar-refractivity contribution in [3.05, 3.63) is 65.7 Å². The Kier molecular flexibility index (Phi) is 5.81. The van der Waals surface area contributed by atoms with Crippen LogP contribution in [0.25, 0.3) is 5.57 Å². The molecule has 3 aliphatic rings. The number of hydrogen-bond acceptors (Lipinski definition) is 4. The second kappa shape index (κ2) is 8.90. The van der Waals surface area contributed by atoms with E-state index in [1.165, 1.54) is 17.6 Å². The first kappa shape index (κ1) is 21.5. The van der Waals surface area contributed by atoms with E-state index in [1.54, 1.807) is 41.2 Å². The topological polar surface area (TPSA) is 82.1 Å². The molecule has 2 aromatic rings. The molecule has 3 atom stereocenters. The first-order valence-electron chi connectivity index (χ1n) is 11.5. The van der Waals surface area contributed by atoms with Crippen LogP contribution in [0.1, 0.15) is 36.3 Å². The average Bonchev–Trinajstić information content (AvgIpc) is 3.36. The number of urea groups is 1. The molecule has 2 heterocycles. The third-order valence-electron chi connectivity index (χ3n) is 7.09. The van der Waals surface area contributed by atoms with Crippen LogP contribution in [0.15, 0.2) is 54.6 Å². The number of aliphatic hydroxyl groups excluding tert-OH is 1. The van der Waals surface area contributed by atoms with E-state index in [2.05, 4.69) is 35.7 Å². The number of allylic oxidation sites excluding steroid dienone is 2. The zero-order chi connectivity index (χ0) is 22.9. The molecule has 0 radical (unpaired) electrons. The summed E-state index contributed by atoms with van der Waals surface area (Å²) >= 11 is 0. The first-order valence-corrected chi connectivity index (χ1v) is 11.5. The largest absolute Gasteiger partial charge is 0.497 e. The van der Waals surface area contributed by atoms with Gasteiger partial charge in [0.05, 0.1) is 25.8 Å². The fourth-order valence-corrected chi connectivity index (χ4v) is 5.38. The number of nitrogens with zero attached hydrogens (tertiary/aromatic N) is 2. The number of piperazine rings is 1. The molecule has 5 rings (SSSR count). The van der Waals surface area contributed by atoms with E-state index < -0.39 is 0 Å². The van der Waals surface area contributed by atoms with Gasteiger partial charge in [0.2, 0.25) is 5.91 Å². The van der Waals surface area contributed by atoms with Crippen LogP contribution in [0, 0.1) is 0 Å². The molecule has 0 aromatic heterocycles. The lowest BCUT2D eigenvalue weighted by Gasteiger charge is -2.58. The Bertz CT molecular complexity index is 1060. The van der Waals surface area contributed by atoms with Gasteiger partial charge in [-0.05, 0) is 60.2 Å². The maximum Gasteiger partial charge on any atom is 0.322 e. The van der Waals surface area contributed by atoms with E-state index in [0.717, 1.165) is 18.4 Å². The lowest BCUT2D eigenvalue weighted by Crippen LogP contribution is -2.73. The van der Waals surface area contributed by atoms with Crippen molar-refractivity contribution in [1.29, 1.82) is 0 Å². The molecule has 1 aliphatic carbocycles. The van der Waals surface area contributed by atoms with Gasteiger partial charge in [-0.3, -0.25) is 4.79 Å². The van der Waals surface area contributed by atoms with Crippen LogP contribution in [-0.4, -0.2) is 65.7 Å². The highest BCUT2D eigenvalue weighted by molar-refractivity contribution is 5.93. The number of aliphatic hydroxyl groups is 1. The zero-order valence-electron chi connectivity index (χ0n) is 18.7. The van der Waals surface area contributed by atoms with Crippen LogP contribution in [0.2, 0.25) is 0 Å². The molecular weight excluding hydrogens is 418 g/mol. The summed E-state index contributed by atoms with van der Waals surface area (Å²) in [5.74, 6) is 0.584. The second-order valence-corrected chi connectivity index (χ2v) is 8.93. The lowest BCUT2D eigenvalue weighted by molar-refractivity contribution is -0.159. The van der Waals surface area contributed by atoms with Crippen molar-refractivity contribution in [3.8, 4) is 5.75 Å². The predicted octanol–water partition coefficient (Wildman–Crippen LogP) is 3.47. The number of nitrogens with one attached hydrogen (secondary N) is 1. The van der Waals surface area contributed by atoms with Gasteiger partial charge in [0.25, 0.3) is 0 Å². The van der Waals surface area contributed by atoms with Crippen LogP contribution in [0.5, 0.6) is 5.75 Å². The number of ether oxygens (including phenoxy) is 1. The molecule has 33 heavy (non-hydrogen) atoms. The summed E-state index contributed by atoms with van der Waals surface area (Å²) in [5.41, 5.74) is 4.38. The van der Waals surface area contributed by atoms with E-state index in [4.69, 9.17) is 4.74 Å². The number of benzene rings is 2. The number of hydrogen-bond donors (Lipinski definition) is 2. The van der Waals surface area contributed by atoms with E-state index in [9.17, 15) is 14.7 Å². The van der Waals surface area contributed by atoms with Gasteiger partial charge in [0, 0.05) is 18.2 Å². The van der Waals surface area contributed by atoms with Gasteiger partial charge in [-0.15, -0.1) is 0 Å². The molecule has 0 bridgehead atoms. The highest BCUT2D eigenvalue weighted by Crippen LogP contribution is 2.43. The standard InChI is InChI=1S/C26H29N3O4/c1-33-21-12-10-20(11-13-21)27-26(32)28-14-22-25(23(16-30)29(22)24(31)15-28)19-8-6-18(7-9-19)17-4-2-3-5-17/h4,6-13,22-23,25,30H,2-3,5,14-16H2,1H3,(H,27,32)/t22-,23+,25-/m1/s1. The molecule has 172 valence electrons. The number of rotatable bonds is 5. The quantitative estimate of drug-likeness (QED) is 0.736. The first-order chi connectivity index (χ1) is 16.1. The van der Waals surface area contributed by atoms with Crippen LogP contribution >= 0.6 is 0 Å². The van der Waals surface area contributed by atoms with Crippen molar-refractivity contribution < 1.29 is 19.4 Å². The van der Waals surface area contributed by atoms with Crippen molar-refractivity contribution in [2.75, 3.05) is 32.1 Å². The fourth-order valence-electron chi connectivity index (χ4n) is 5.38. The molecule has 3 amide bonds. The summed E-state index contributed by atoms with van der Waals surface area (Å²) in [6.07, 6.45) is 5.76. The number of amides is 3. The number of fused-ring (bicyclic) bond motifs is 1. The van der Waals surface area contributed by atoms with Gasteiger partial charge in [-0.2, -0.15) is 0 Å². The lowest BCUT2D eigenvalue weighted by atomic mass is 9.73. The Morgan fingerprint density at radius 2 is 1.91 bits per heavy atom. The predicted molar refractivity (Wildman–Crippen MR) is 126 cm³/mol. The summed E-state index contributed by atoms with van der Waals surface area (Å²) in [6, 6.07) is 14.9. The minimum atomic E-state index is -0.303.